The van der Waals surface area contributed by atoms with E-state index in [1.807, 2.05) is 55.4 Å². The van der Waals surface area contributed by atoms with Crippen LogP contribution in [0.15, 0.2) is 0 Å². The SMILES string of the molecule is CC.CC.CCCOCCCC(COCC)N(C)C(=O)OC(C)(C)C. The third kappa shape index (κ3) is 19.4. The van der Waals surface area contributed by atoms with Crippen molar-refractivity contribution < 1.29 is 19.0 Å². The van der Waals surface area contributed by atoms with Gasteiger partial charge in [-0.05, 0) is 47.0 Å². The molecule has 0 rings (SSSR count). The number of carbonyl (C=O) groups excluding carboxylic acids is 1. The Bertz CT molecular complexity index is 277. The van der Waals surface area contributed by atoms with Crippen LogP contribution < -0.4 is 0 Å². The Morgan fingerprint density at radius 3 is 2.00 bits per heavy atom. The molecule has 0 N–H and O–H groups in total. The second kappa shape index (κ2) is 19.5. The minimum atomic E-state index is -0.480. The molecule has 0 bridgehead atoms. The third-order valence-electron chi connectivity index (χ3n) is 2.92. The molecular weight excluding hydrogens is 318 g/mol. The molecular formula is C20H45NO4. The predicted octanol–water partition coefficient (Wildman–Crippen LogP) is 5.52. The summed E-state index contributed by atoms with van der Waals surface area (Å²) < 4.78 is 16.4. The van der Waals surface area contributed by atoms with Gasteiger partial charge in [0, 0.05) is 26.9 Å². The van der Waals surface area contributed by atoms with Crippen molar-refractivity contribution >= 4 is 6.09 Å². The summed E-state index contributed by atoms with van der Waals surface area (Å²) in [6, 6.07) is 0.0185. The molecule has 154 valence electrons. The minimum Gasteiger partial charge on any atom is -0.444 e. The number of likely N-dealkylation sites (N-methyl/N-ethyl adjacent to an activating group) is 1. The quantitative estimate of drug-likeness (QED) is 0.480. The Kier molecular flexibility index (Phi) is 22.6. The highest BCUT2D eigenvalue weighted by Crippen LogP contribution is 2.13. The van der Waals surface area contributed by atoms with Gasteiger partial charge in [-0.15, -0.1) is 0 Å². The molecule has 25 heavy (non-hydrogen) atoms. The molecule has 1 atom stereocenters. The van der Waals surface area contributed by atoms with Gasteiger partial charge in [-0.2, -0.15) is 0 Å². The van der Waals surface area contributed by atoms with Crippen LogP contribution in [0.2, 0.25) is 0 Å². The number of ether oxygens (including phenoxy) is 3. The maximum absolute atomic E-state index is 12.1. The number of rotatable bonds is 10. The van der Waals surface area contributed by atoms with E-state index in [1.165, 1.54) is 0 Å². The van der Waals surface area contributed by atoms with Gasteiger partial charge in [-0.25, -0.2) is 4.79 Å². The molecule has 1 unspecified atom stereocenters. The summed E-state index contributed by atoms with van der Waals surface area (Å²) in [7, 11) is 1.77. The van der Waals surface area contributed by atoms with E-state index in [0.717, 1.165) is 32.5 Å². The Balaban J connectivity index is -0.00000112. The van der Waals surface area contributed by atoms with Crippen LogP contribution >= 0.6 is 0 Å². The monoisotopic (exact) mass is 363 g/mol. The van der Waals surface area contributed by atoms with E-state index in [0.29, 0.717) is 13.2 Å². The molecule has 1 amide bonds. The van der Waals surface area contributed by atoms with Crippen LogP contribution in [0.5, 0.6) is 0 Å². The standard InChI is InChI=1S/C16H33NO4.2C2H6/c1-7-11-20-12-9-10-14(13-19-8-2)17(6)15(18)21-16(3,4)5;2*1-2/h14H,7-13H2,1-6H3;2*1-2H3. The summed E-state index contributed by atoms with van der Waals surface area (Å²) in [6.45, 7) is 20.3. The first kappa shape index (κ1) is 29.0. The molecule has 0 aliphatic heterocycles. The first-order valence-electron chi connectivity index (χ1n) is 9.93. The number of amides is 1. The summed E-state index contributed by atoms with van der Waals surface area (Å²) in [5.74, 6) is 0. The minimum absolute atomic E-state index is 0.0185. The van der Waals surface area contributed by atoms with E-state index in [1.54, 1.807) is 11.9 Å². The molecule has 0 aliphatic rings. The summed E-state index contributed by atoms with van der Waals surface area (Å²) in [6.07, 6.45) is 2.48. The van der Waals surface area contributed by atoms with Gasteiger partial charge in [-0.1, -0.05) is 34.6 Å². The maximum Gasteiger partial charge on any atom is 0.410 e. The van der Waals surface area contributed by atoms with Crippen LogP contribution in [-0.4, -0.2) is 56.1 Å². The molecule has 5 nitrogen and oxygen atoms in total. The van der Waals surface area contributed by atoms with Crippen LogP contribution in [0.25, 0.3) is 0 Å². The van der Waals surface area contributed by atoms with E-state index in [-0.39, 0.29) is 12.1 Å². The van der Waals surface area contributed by atoms with Gasteiger partial charge in [0.1, 0.15) is 5.60 Å². The number of hydrogen-bond acceptors (Lipinski definition) is 4. The van der Waals surface area contributed by atoms with E-state index >= 15 is 0 Å². The van der Waals surface area contributed by atoms with Crippen LogP contribution in [0.1, 0.15) is 81.6 Å². The summed E-state index contributed by atoms with van der Waals surface area (Å²) in [5, 5.41) is 0. The molecule has 0 saturated carbocycles. The molecule has 0 aromatic carbocycles. The zero-order valence-corrected chi connectivity index (χ0v) is 18.6. The molecule has 0 saturated heterocycles. The normalized spacial score (nSPS) is 11.4. The van der Waals surface area contributed by atoms with Crippen LogP contribution in [-0.2, 0) is 14.2 Å². The average molecular weight is 364 g/mol. The summed E-state index contributed by atoms with van der Waals surface area (Å²) in [4.78, 5) is 13.8. The van der Waals surface area contributed by atoms with Gasteiger partial charge < -0.3 is 19.1 Å². The summed E-state index contributed by atoms with van der Waals surface area (Å²) in [5.41, 5.74) is -0.480. The topological polar surface area (TPSA) is 48.0 Å². The molecule has 0 aliphatic carbocycles. The van der Waals surface area contributed by atoms with Gasteiger partial charge in [0.05, 0.1) is 12.6 Å². The lowest BCUT2D eigenvalue weighted by Gasteiger charge is -2.30. The van der Waals surface area contributed by atoms with Crippen molar-refractivity contribution in [3.8, 4) is 0 Å². The van der Waals surface area contributed by atoms with Crippen molar-refractivity contribution in [3.05, 3.63) is 0 Å². The third-order valence-corrected chi connectivity index (χ3v) is 2.92. The van der Waals surface area contributed by atoms with Crippen LogP contribution in [0.3, 0.4) is 0 Å². The lowest BCUT2D eigenvalue weighted by Crippen LogP contribution is -2.43. The molecule has 0 aromatic heterocycles. The zero-order valence-electron chi connectivity index (χ0n) is 18.6. The molecule has 0 fully saturated rings. The Labute approximate surface area is 157 Å². The van der Waals surface area contributed by atoms with Gasteiger partial charge in [-0.3, -0.25) is 0 Å². The van der Waals surface area contributed by atoms with E-state index in [4.69, 9.17) is 14.2 Å². The second-order valence-electron chi connectivity index (χ2n) is 6.16. The van der Waals surface area contributed by atoms with E-state index in [9.17, 15) is 4.79 Å². The highest BCUT2D eigenvalue weighted by molar-refractivity contribution is 5.68. The molecule has 0 spiro atoms. The fourth-order valence-corrected chi connectivity index (χ4v) is 1.79. The summed E-state index contributed by atoms with van der Waals surface area (Å²) >= 11 is 0. The van der Waals surface area contributed by atoms with Gasteiger partial charge in [0.15, 0.2) is 0 Å². The van der Waals surface area contributed by atoms with Crippen molar-refractivity contribution in [2.45, 2.75) is 93.2 Å². The number of hydrogen-bond donors (Lipinski definition) is 0. The Morgan fingerprint density at radius 2 is 1.56 bits per heavy atom. The fourth-order valence-electron chi connectivity index (χ4n) is 1.79. The van der Waals surface area contributed by atoms with Crippen molar-refractivity contribution in [3.63, 3.8) is 0 Å². The predicted molar refractivity (Wildman–Crippen MR) is 107 cm³/mol. The van der Waals surface area contributed by atoms with E-state index in [2.05, 4.69) is 6.92 Å². The zero-order chi connectivity index (χ0) is 20.3. The van der Waals surface area contributed by atoms with E-state index < -0.39 is 5.60 Å². The van der Waals surface area contributed by atoms with Crippen molar-refractivity contribution in [1.82, 2.24) is 4.90 Å². The molecule has 0 aromatic rings. The lowest BCUT2D eigenvalue weighted by molar-refractivity contribution is 0.00635. The largest absolute Gasteiger partial charge is 0.444 e. The first-order valence-corrected chi connectivity index (χ1v) is 9.93. The molecule has 5 heteroatoms. The van der Waals surface area contributed by atoms with Crippen molar-refractivity contribution in [2.75, 3.05) is 33.5 Å². The number of nitrogens with zero attached hydrogens (tertiary/aromatic N) is 1. The first-order chi connectivity index (χ1) is 11.8. The highest BCUT2D eigenvalue weighted by atomic mass is 16.6. The highest BCUT2D eigenvalue weighted by Gasteiger charge is 2.25. The average Bonchev–Trinajstić information content (AvgIpc) is 2.59. The fraction of sp³-hybridized carbons (Fsp3) is 0.950. The van der Waals surface area contributed by atoms with Gasteiger partial charge in [0.25, 0.3) is 0 Å². The Morgan fingerprint density at radius 1 is 1.00 bits per heavy atom. The molecule has 0 radical (unpaired) electrons. The smallest absolute Gasteiger partial charge is 0.410 e. The van der Waals surface area contributed by atoms with Crippen LogP contribution in [0.4, 0.5) is 4.79 Å². The molecule has 0 heterocycles. The Hall–Kier alpha value is -0.810. The number of carbonyl (C=O) groups is 1. The van der Waals surface area contributed by atoms with Crippen LogP contribution in [0, 0.1) is 0 Å². The maximum atomic E-state index is 12.1. The van der Waals surface area contributed by atoms with Crippen molar-refractivity contribution in [1.29, 1.82) is 0 Å². The van der Waals surface area contributed by atoms with Crippen molar-refractivity contribution in [2.24, 2.45) is 0 Å². The van der Waals surface area contributed by atoms with Gasteiger partial charge >= 0.3 is 6.09 Å². The second-order valence-corrected chi connectivity index (χ2v) is 6.16. The van der Waals surface area contributed by atoms with Gasteiger partial charge in [0.2, 0.25) is 0 Å². The lowest BCUT2D eigenvalue weighted by atomic mass is 10.1.